The van der Waals surface area contributed by atoms with Gasteiger partial charge in [-0.05, 0) is 43.5 Å². The van der Waals surface area contributed by atoms with Crippen LogP contribution in [0.2, 0.25) is 0 Å². The number of hydrogen-bond donors (Lipinski definition) is 1. The average Bonchev–Trinajstić information content (AvgIpc) is 2.58. The Hall–Kier alpha value is -2.89. The van der Waals surface area contributed by atoms with Crippen molar-refractivity contribution in [2.45, 2.75) is 33.6 Å². The zero-order chi connectivity index (χ0) is 18.6. The molecule has 25 heavy (non-hydrogen) atoms. The van der Waals surface area contributed by atoms with Gasteiger partial charge in [0.25, 0.3) is 5.69 Å². The number of non-ortho nitro benzene ring substituents is 1. The van der Waals surface area contributed by atoms with Crippen molar-refractivity contribution in [3.63, 3.8) is 0 Å². The molecule has 0 aliphatic carbocycles. The number of phenols is 1. The van der Waals surface area contributed by atoms with Crippen LogP contribution in [-0.4, -0.2) is 15.7 Å². The molecule has 2 unspecified atom stereocenters. The number of rotatable bonds is 6. The fourth-order valence-electron chi connectivity index (χ4n) is 2.51. The first-order valence-corrected chi connectivity index (χ1v) is 8.05. The number of nitro benzene ring substituents is 1. The van der Waals surface area contributed by atoms with E-state index >= 15 is 0 Å². The van der Waals surface area contributed by atoms with E-state index in [2.05, 4.69) is 12.1 Å². The topological polar surface area (TPSA) is 85.0 Å². The van der Waals surface area contributed by atoms with Crippen molar-refractivity contribution in [3.8, 4) is 11.5 Å². The molecular weight excluding hydrogens is 320 g/mol. The van der Waals surface area contributed by atoms with Gasteiger partial charge in [0, 0.05) is 23.6 Å². The smallest absolute Gasteiger partial charge is 0.269 e. The lowest BCUT2D eigenvalue weighted by atomic mass is 9.86. The molecule has 132 valence electrons. The maximum Gasteiger partial charge on any atom is 0.269 e. The molecule has 0 spiro atoms. The van der Waals surface area contributed by atoms with Gasteiger partial charge in [-0.1, -0.05) is 31.1 Å². The van der Waals surface area contributed by atoms with Crippen LogP contribution in [0.15, 0.2) is 47.6 Å². The van der Waals surface area contributed by atoms with Crippen LogP contribution in [0, 0.1) is 23.0 Å². The molecule has 2 atom stereocenters. The number of hydrogen-bond acceptors (Lipinski definition) is 5. The summed E-state index contributed by atoms with van der Waals surface area (Å²) in [6.45, 7) is 7.73. The highest BCUT2D eigenvalue weighted by Crippen LogP contribution is 2.28. The van der Waals surface area contributed by atoms with Crippen molar-refractivity contribution in [2.24, 2.45) is 11.1 Å². The van der Waals surface area contributed by atoms with Crippen LogP contribution in [-0.2, 0) is 0 Å². The third-order valence-corrected chi connectivity index (χ3v) is 4.46. The zero-order valence-electron chi connectivity index (χ0n) is 14.8. The standard InChI is InChI=1S/C19H22N2O4/c1-12-10-17(21(23)24)8-9-19(12)25-20-15(4)13(2)14(3)16-6-5-7-18(22)11-16/h5-11,13-14,22H,1-4H3/b20-15+. The Bertz CT molecular complexity index is 802. The van der Waals surface area contributed by atoms with Crippen molar-refractivity contribution in [1.82, 2.24) is 0 Å². The van der Waals surface area contributed by atoms with E-state index < -0.39 is 4.92 Å². The zero-order valence-corrected chi connectivity index (χ0v) is 14.8. The van der Waals surface area contributed by atoms with E-state index in [-0.39, 0.29) is 23.3 Å². The maximum atomic E-state index is 10.8. The molecule has 2 aromatic rings. The van der Waals surface area contributed by atoms with Crippen molar-refractivity contribution < 1.29 is 14.9 Å². The van der Waals surface area contributed by atoms with Gasteiger partial charge in [-0.3, -0.25) is 10.1 Å². The van der Waals surface area contributed by atoms with E-state index in [9.17, 15) is 15.2 Å². The van der Waals surface area contributed by atoms with Gasteiger partial charge >= 0.3 is 0 Å². The number of oxime groups is 1. The molecular formula is C19H22N2O4. The highest BCUT2D eigenvalue weighted by Gasteiger charge is 2.18. The number of aromatic hydroxyl groups is 1. The van der Waals surface area contributed by atoms with E-state index in [1.807, 2.05) is 26.0 Å². The van der Waals surface area contributed by atoms with Crippen molar-refractivity contribution in [2.75, 3.05) is 0 Å². The summed E-state index contributed by atoms with van der Waals surface area (Å²) in [5.74, 6) is 0.976. The molecule has 0 radical (unpaired) electrons. The van der Waals surface area contributed by atoms with E-state index in [0.717, 1.165) is 11.3 Å². The van der Waals surface area contributed by atoms with Crippen LogP contribution in [0.4, 0.5) is 5.69 Å². The fourth-order valence-corrected chi connectivity index (χ4v) is 2.51. The maximum absolute atomic E-state index is 10.8. The largest absolute Gasteiger partial charge is 0.508 e. The number of nitro groups is 1. The molecule has 0 aliphatic rings. The Kier molecular flexibility index (Phi) is 5.75. The minimum atomic E-state index is -0.440. The molecule has 0 bridgehead atoms. The third kappa shape index (κ3) is 4.56. The molecule has 2 rings (SSSR count). The average molecular weight is 342 g/mol. The van der Waals surface area contributed by atoms with Gasteiger partial charge in [-0.15, -0.1) is 0 Å². The second kappa shape index (κ2) is 7.79. The molecule has 0 aliphatic heterocycles. The lowest BCUT2D eigenvalue weighted by Crippen LogP contribution is -2.16. The number of benzene rings is 2. The molecule has 1 N–H and O–H groups in total. The predicted octanol–water partition coefficient (Wildman–Crippen LogP) is 4.80. The van der Waals surface area contributed by atoms with Gasteiger partial charge in [0.15, 0.2) is 5.75 Å². The normalized spacial score (nSPS) is 14.0. The molecule has 2 aromatic carbocycles. The lowest BCUT2D eigenvalue weighted by Gasteiger charge is -2.20. The molecule has 0 saturated heterocycles. The first-order valence-electron chi connectivity index (χ1n) is 8.05. The highest BCUT2D eigenvalue weighted by molar-refractivity contribution is 5.84. The first kappa shape index (κ1) is 18.4. The third-order valence-electron chi connectivity index (χ3n) is 4.46. The summed E-state index contributed by atoms with van der Waals surface area (Å²) in [5.41, 5.74) is 2.50. The van der Waals surface area contributed by atoms with Gasteiger partial charge in [-0.25, -0.2) is 0 Å². The minimum Gasteiger partial charge on any atom is -0.508 e. The van der Waals surface area contributed by atoms with Gasteiger partial charge in [0.2, 0.25) is 0 Å². The van der Waals surface area contributed by atoms with E-state index in [1.165, 1.54) is 12.1 Å². The lowest BCUT2D eigenvalue weighted by molar-refractivity contribution is -0.384. The van der Waals surface area contributed by atoms with Gasteiger partial charge in [-0.2, -0.15) is 0 Å². The van der Waals surface area contributed by atoms with Crippen LogP contribution < -0.4 is 4.84 Å². The first-order chi connectivity index (χ1) is 11.8. The molecule has 6 nitrogen and oxygen atoms in total. The summed E-state index contributed by atoms with van der Waals surface area (Å²) in [7, 11) is 0. The van der Waals surface area contributed by atoms with Gasteiger partial charge in [0.05, 0.1) is 10.6 Å². The number of phenolic OH excluding ortho intramolecular Hbond substituents is 1. The summed E-state index contributed by atoms with van der Waals surface area (Å²) in [4.78, 5) is 15.8. The Labute approximate surface area is 146 Å². The van der Waals surface area contributed by atoms with Crippen molar-refractivity contribution in [3.05, 3.63) is 63.7 Å². The SMILES string of the molecule is C/C(=N\Oc1ccc([N+](=O)[O-])cc1C)C(C)C(C)c1cccc(O)c1. The summed E-state index contributed by atoms with van der Waals surface area (Å²) in [6.07, 6.45) is 0. The van der Waals surface area contributed by atoms with Crippen molar-refractivity contribution >= 4 is 11.4 Å². The van der Waals surface area contributed by atoms with Crippen LogP contribution in [0.3, 0.4) is 0 Å². The second-order valence-corrected chi connectivity index (χ2v) is 6.20. The summed E-state index contributed by atoms with van der Waals surface area (Å²) < 4.78 is 0. The summed E-state index contributed by atoms with van der Waals surface area (Å²) in [6, 6.07) is 11.6. The minimum absolute atomic E-state index is 0.0245. The van der Waals surface area contributed by atoms with Crippen LogP contribution >= 0.6 is 0 Å². The van der Waals surface area contributed by atoms with Crippen LogP contribution in [0.25, 0.3) is 0 Å². The fraction of sp³-hybridized carbons (Fsp3) is 0.316. The Balaban J connectivity index is 2.11. The van der Waals surface area contributed by atoms with E-state index in [4.69, 9.17) is 4.84 Å². The monoisotopic (exact) mass is 342 g/mol. The van der Waals surface area contributed by atoms with Crippen molar-refractivity contribution in [1.29, 1.82) is 0 Å². The summed E-state index contributed by atoms with van der Waals surface area (Å²) >= 11 is 0. The molecule has 0 heterocycles. The second-order valence-electron chi connectivity index (χ2n) is 6.20. The molecule has 0 fully saturated rings. The highest BCUT2D eigenvalue weighted by atomic mass is 16.6. The van der Waals surface area contributed by atoms with Crippen LogP contribution in [0.1, 0.15) is 37.8 Å². The van der Waals surface area contributed by atoms with E-state index in [0.29, 0.717) is 11.3 Å². The number of nitrogens with zero attached hydrogens (tertiary/aromatic N) is 2. The molecule has 0 saturated carbocycles. The molecule has 6 heteroatoms. The molecule has 0 amide bonds. The number of aryl methyl sites for hydroxylation is 1. The Morgan fingerprint density at radius 2 is 1.96 bits per heavy atom. The van der Waals surface area contributed by atoms with Gasteiger partial charge in [0.1, 0.15) is 5.75 Å². The van der Waals surface area contributed by atoms with E-state index in [1.54, 1.807) is 25.1 Å². The molecule has 0 aromatic heterocycles. The Morgan fingerprint density at radius 1 is 1.24 bits per heavy atom. The van der Waals surface area contributed by atoms with Gasteiger partial charge < -0.3 is 9.94 Å². The van der Waals surface area contributed by atoms with Crippen LogP contribution in [0.5, 0.6) is 11.5 Å². The predicted molar refractivity (Wildman–Crippen MR) is 97.3 cm³/mol. The summed E-state index contributed by atoms with van der Waals surface area (Å²) in [5, 5.41) is 24.6. The Morgan fingerprint density at radius 3 is 2.56 bits per heavy atom. The quantitative estimate of drug-likeness (QED) is 0.464.